The molecule has 0 saturated heterocycles. The number of hydrogen-bond donors (Lipinski definition) is 0. The standard InChI is InChI=1S/C8H8FIN2O2/c1-12(14-2)8(13)7-6(9)3-5(10)4-11-7/h3-4H,1-2H3. The molecule has 0 unspecified atom stereocenters. The van der Waals surface area contributed by atoms with Crippen LogP contribution in [0.2, 0.25) is 0 Å². The van der Waals surface area contributed by atoms with Gasteiger partial charge in [0.1, 0.15) is 0 Å². The zero-order valence-electron chi connectivity index (χ0n) is 7.62. The van der Waals surface area contributed by atoms with E-state index in [1.54, 1.807) is 0 Å². The van der Waals surface area contributed by atoms with Crippen LogP contribution in [0.25, 0.3) is 0 Å². The van der Waals surface area contributed by atoms with Gasteiger partial charge in [-0.15, -0.1) is 0 Å². The monoisotopic (exact) mass is 310 g/mol. The molecule has 1 aromatic heterocycles. The maximum absolute atomic E-state index is 13.2. The first-order valence-electron chi connectivity index (χ1n) is 3.69. The average molecular weight is 310 g/mol. The van der Waals surface area contributed by atoms with Gasteiger partial charge in [0.25, 0.3) is 5.91 Å². The molecule has 0 aromatic carbocycles. The normalized spacial score (nSPS) is 10.0. The van der Waals surface area contributed by atoms with E-state index in [0.717, 1.165) is 5.06 Å². The molecular weight excluding hydrogens is 302 g/mol. The Balaban J connectivity index is 3.02. The summed E-state index contributed by atoms with van der Waals surface area (Å²) < 4.78 is 13.9. The maximum Gasteiger partial charge on any atom is 0.298 e. The van der Waals surface area contributed by atoms with Gasteiger partial charge in [0.2, 0.25) is 0 Å². The maximum atomic E-state index is 13.2. The SMILES string of the molecule is CON(C)C(=O)c1ncc(I)cc1F. The Labute approximate surface area is 94.2 Å². The zero-order chi connectivity index (χ0) is 10.7. The van der Waals surface area contributed by atoms with Gasteiger partial charge in [0, 0.05) is 16.8 Å². The van der Waals surface area contributed by atoms with Crippen molar-refractivity contribution >= 4 is 28.5 Å². The lowest BCUT2D eigenvalue weighted by Gasteiger charge is -2.12. The highest BCUT2D eigenvalue weighted by Crippen LogP contribution is 2.10. The first kappa shape index (κ1) is 11.3. The first-order chi connectivity index (χ1) is 6.56. The molecule has 6 heteroatoms. The number of carbonyl (C=O) groups is 1. The van der Waals surface area contributed by atoms with Crippen molar-refractivity contribution in [2.75, 3.05) is 14.2 Å². The van der Waals surface area contributed by atoms with Gasteiger partial charge in [-0.25, -0.2) is 14.4 Å². The summed E-state index contributed by atoms with van der Waals surface area (Å²) in [5.41, 5.74) is -0.241. The minimum Gasteiger partial charge on any atom is -0.274 e. The van der Waals surface area contributed by atoms with Crippen LogP contribution >= 0.6 is 22.6 Å². The fraction of sp³-hybridized carbons (Fsp3) is 0.250. The van der Waals surface area contributed by atoms with Crippen LogP contribution in [0.5, 0.6) is 0 Å². The average Bonchev–Trinajstić information content (AvgIpc) is 2.15. The predicted molar refractivity (Wildman–Crippen MR) is 56.0 cm³/mol. The van der Waals surface area contributed by atoms with Crippen molar-refractivity contribution in [1.82, 2.24) is 10.0 Å². The first-order valence-corrected chi connectivity index (χ1v) is 4.77. The second kappa shape index (κ2) is 4.65. The van der Waals surface area contributed by atoms with Gasteiger partial charge in [-0.05, 0) is 28.7 Å². The smallest absolute Gasteiger partial charge is 0.274 e. The van der Waals surface area contributed by atoms with E-state index in [0.29, 0.717) is 3.57 Å². The van der Waals surface area contributed by atoms with Gasteiger partial charge in [0.15, 0.2) is 11.5 Å². The lowest BCUT2D eigenvalue weighted by atomic mass is 10.3. The highest BCUT2D eigenvalue weighted by molar-refractivity contribution is 14.1. The van der Waals surface area contributed by atoms with E-state index in [-0.39, 0.29) is 5.69 Å². The van der Waals surface area contributed by atoms with Gasteiger partial charge in [-0.2, -0.15) is 0 Å². The largest absolute Gasteiger partial charge is 0.298 e. The van der Waals surface area contributed by atoms with E-state index in [4.69, 9.17) is 0 Å². The van der Waals surface area contributed by atoms with E-state index < -0.39 is 11.7 Å². The van der Waals surface area contributed by atoms with Crippen LogP contribution in [-0.2, 0) is 4.84 Å². The Morgan fingerprint density at radius 2 is 2.36 bits per heavy atom. The van der Waals surface area contributed by atoms with Crippen LogP contribution in [0.1, 0.15) is 10.5 Å². The summed E-state index contributed by atoms with van der Waals surface area (Å²) in [6.45, 7) is 0. The molecule has 1 amide bonds. The molecular formula is C8H8FIN2O2. The van der Waals surface area contributed by atoms with E-state index in [9.17, 15) is 9.18 Å². The summed E-state index contributed by atoms with van der Waals surface area (Å²) in [5, 5.41) is 0.915. The van der Waals surface area contributed by atoms with Crippen LogP contribution in [0.3, 0.4) is 0 Å². The third-order valence-electron chi connectivity index (χ3n) is 1.57. The Hall–Kier alpha value is -0.760. The number of amides is 1. The van der Waals surface area contributed by atoms with Crippen molar-refractivity contribution in [2.45, 2.75) is 0 Å². The molecule has 0 aliphatic heterocycles. The van der Waals surface area contributed by atoms with Gasteiger partial charge in [0.05, 0.1) is 7.11 Å². The Kier molecular flexibility index (Phi) is 3.76. The van der Waals surface area contributed by atoms with Gasteiger partial charge < -0.3 is 0 Å². The zero-order valence-corrected chi connectivity index (χ0v) is 9.78. The van der Waals surface area contributed by atoms with Crippen LogP contribution in [-0.4, -0.2) is 30.1 Å². The fourth-order valence-electron chi connectivity index (χ4n) is 0.804. The van der Waals surface area contributed by atoms with Gasteiger partial charge >= 0.3 is 0 Å². The van der Waals surface area contributed by atoms with Crippen molar-refractivity contribution in [3.8, 4) is 0 Å². The van der Waals surface area contributed by atoms with Crippen LogP contribution < -0.4 is 0 Å². The molecule has 0 spiro atoms. The lowest BCUT2D eigenvalue weighted by Crippen LogP contribution is -2.27. The molecule has 1 rings (SSSR count). The number of carbonyl (C=O) groups excluding carboxylic acids is 1. The molecule has 0 aliphatic rings. The van der Waals surface area contributed by atoms with E-state index in [1.807, 2.05) is 22.6 Å². The Bertz CT molecular complexity index is 359. The fourth-order valence-corrected chi connectivity index (χ4v) is 1.22. The minimum atomic E-state index is -0.647. The molecule has 0 fully saturated rings. The molecule has 14 heavy (non-hydrogen) atoms. The highest BCUT2D eigenvalue weighted by Gasteiger charge is 2.17. The molecule has 4 nitrogen and oxygen atoms in total. The number of hydrogen-bond acceptors (Lipinski definition) is 3. The molecule has 0 atom stereocenters. The molecule has 76 valence electrons. The quantitative estimate of drug-likeness (QED) is 0.613. The second-order valence-electron chi connectivity index (χ2n) is 2.47. The molecule has 0 N–H and O–H groups in total. The molecule has 1 aromatic rings. The predicted octanol–water partition coefficient (Wildman–Crippen LogP) is 1.46. The van der Waals surface area contributed by atoms with Crippen molar-refractivity contribution < 1.29 is 14.0 Å². The summed E-state index contributed by atoms with van der Waals surface area (Å²) in [5.74, 6) is -1.26. The third kappa shape index (κ3) is 2.38. The summed E-state index contributed by atoms with van der Waals surface area (Å²) >= 11 is 1.91. The van der Waals surface area contributed by atoms with E-state index in [2.05, 4.69) is 9.82 Å². The van der Waals surface area contributed by atoms with Crippen molar-refractivity contribution in [1.29, 1.82) is 0 Å². The Morgan fingerprint density at radius 1 is 1.71 bits per heavy atom. The number of nitrogens with zero attached hydrogens (tertiary/aromatic N) is 2. The van der Waals surface area contributed by atoms with Crippen LogP contribution in [0.4, 0.5) is 4.39 Å². The topological polar surface area (TPSA) is 42.4 Å². The summed E-state index contributed by atoms with van der Waals surface area (Å²) in [6.07, 6.45) is 1.42. The molecule has 0 aliphatic carbocycles. The molecule has 0 saturated carbocycles. The lowest BCUT2D eigenvalue weighted by molar-refractivity contribution is -0.0763. The van der Waals surface area contributed by atoms with Crippen molar-refractivity contribution in [3.05, 3.63) is 27.3 Å². The highest BCUT2D eigenvalue weighted by atomic mass is 127. The minimum absolute atomic E-state index is 0.241. The second-order valence-corrected chi connectivity index (χ2v) is 3.71. The van der Waals surface area contributed by atoms with Crippen LogP contribution in [0, 0.1) is 9.39 Å². The van der Waals surface area contributed by atoms with Crippen LogP contribution in [0.15, 0.2) is 12.3 Å². The van der Waals surface area contributed by atoms with E-state index in [1.165, 1.54) is 26.4 Å². The number of rotatable bonds is 2. The van der Waals surface area contributed by atoms with E-state index >= 15 is 0 Å². The van der Waals surface area contributed by atoms with Gasteiger partial charge in [-0.1, -0.05) is 0 Å². The number of hydroxylamine groups is 2. The molecule has 1 heterocycles. The molecule has 0 bridgehead atoms. The Morgan fingerprint density at radius 3 is 2.86 bits per heavy atom. The van der Waals surface area contributed by atoms with Crippen molar-refractivity contribution in [3.63, 3.8) is 0 Å². The van der Waals surface area contributed by atoms with Crippen molar-refractivity contribution in [2.24, 2.45) is 0 Å². The summed E-state index contributed by atoms with van der Waals surface area (Å²) in [6, 6.07) is 1.24. The number of aromatic nitrogens is 1. The van der Waals surface area contributed by atoms with Gasteiger partial charge in [-0.3, -0.25) is 9.63 Å². The number of halogens is 2. The third-order valence-corrected chi connectivity index (χ3v) is 2.16. The summed E-state index contributed by atoms with van der Waals surface area (Å²) in [4.78, 5) is 19.7. The molecule has 0 radical (unpaired) electrons. The summed E-state index contributed by atoms with van der Waals surface area (Å²) in [7, 11) is 2.71. The number of pyridine rings is 1.